The zero-order valence-corrected chi connectivity index (χ0v) is 13.1. The molecule has 0 fully saturated rings. The summed E-state index contributed by atoms with van der Waals surface area (Å²) in [5.41, 5.74) is 1.50. The number of rotatable bonds is 7. The van der Waals surface area contributed by atoms with Crippen molar-refractivity contribution in [3.8, 4) is 5.75 Å². The third kappa shape index (κ3) is 5.20. The predicted octanol–water partition coefficient (Wildman–Crippen LogP) is 2.68. The SMILES string of the molecule is CCNC(=O)COc1ccc(C=Cc2ccc([N+](=O)[O-])cn2)cc1. The molecule has 0 aliphatic carbocycles. The lowest BCUT2D eigenvalue weighted by molar-refractivity contribution is -0.385. The number of aromatic nitrogens is 1. The van der Waals surface area contributed by atoms with Crippen LogP contribution in [0.5, 0.6) is 5.75 Å². The van der Waals surface area contributed by atoms with E-state index in [9.17, 15) is 14.9 Å². The Bertz CT molecular complexity index is 725. The summed E-state index contributed by atoms with van der Waals surface area (Å²) < 4.78 is 5.36. The van der Waals surface area contributed by atoms with Crippen LogP contribution >= 0.6 is 0 Å². The monoisotopic (exact) mass is 327 g/mol. The molecule has 0 bridgehead atoms. The minimum Gasteiger partial charge on any atom is -0.484 e. The number of amides is 1. The van der Waals surface area contributed by atoms with Gasteiger partial charge in [-0.05, 0) is 36.8 Å². The molecular weight excluding hydrogens is 310 g/mol. The maximum atomic E-state index is 11.3. The molecular formula is C17H17N3O4. The van der Waals surface area contributed by atoms with E-state index in [1.807, 2.05) is 25.1 Å². The van der Waals surface area contributed by atoms with E-state index in [0.717, 1.165) is 5.56 Å². The summed E-state index contributed by atoms with van der Waals surface area (Å²) in [5.74, 6) is 0.442. The molecule has 0 aliphatic rings. The van der Waals surface area contributed by atoms with Crippen LogP contribution in [0.1, 0.15) is 18.2 Å². The van der Waals surface area contributed by atoms with Gasteiger partial charge in [0.15, 0.2) is 6.61 Å². The summed E-state index contributed by atoms with van der Waals surface area (Å²) in [4.78, 5) is 25.4. The minimum absolute atomic E-state index is 0.0181. The molecule has 0 unspecified atom stereocenters. The number of hydrogen-bond donors (Lipinski definition) is 1. The van der Waals surface area contributed by atoms with Crippen molar-refractivity contribution >= 4 is 23.7 Å². The molecule has 0 saturated heterocycles. The molecule has 1 heterocycles. The van der Waals surface area contributed by atoms with Crippen molar-refractivity contribution in [2.75, 3.05) is 13.2 Å². The molecule has 7 heteroatoms. The Morgan fingerprint density at radius 1 is 1.25 bits per heavy atom. The highest BCUT2D eigenvalue weighted by Crippen LogP contribution is 2.15. The smallest absolute Gasteiger partial charge is 0.287 e. The lowest BCUT2D eigenvalue weighted by atomic mass is 10.2. The van der Waals surface area contributed by atoms with Gasteiger partial charge in [0.25, 0.3) is 11.6 Å². The molecule has 2 aromatic rings. The van der Waals surface area contributed by atoms with E-state index < -0.39 is 4.92 Å². The van der Waals surface area contributed by atoms with Gasteiger partial charge in [-0.25, -0.2) is 4.98 Å². The van der Waals surface area contributed by atoms with Gasteiger partial charge in [-0.1, -0.05) is 18.2 Å². The van der Waals surface area contributed by atoms with E-state index in [0.29, 0.717) is 18.0 Å². The topological polar surface area (TPSA) is 94.4 Å². The van der Waals surface area contributed by atoms with Gasteiger partial charge < -0.3 is 10.1 Å². The number of nitro groups is 1. The largest absolute Gasteiger partial charge is 0.484 e. The first kappa shape index (κ1) is 17.1. The quantitative estimate of drug-likeness (QED) is 0.623. The average Bonchev–Trinajstić information content (AvgIpc) is 2.59. The Hall–Kier alpha value is -3.22. The van der Waals surface area contributed by atoms with Crippen molar-refractivity contribution in [3.05, 3.63) is 64.0 Å². The minimum atomic E-state index is -0.486. The van der Waals surface area contributed by atoms with Gasteiger partial charge >= 0.3 is 0 Å². The highest BCUT2D eigenvalue weighted by Gasteiger charge is 2.03. The van der Waals surface area contributed by atoms with Gasteiger partial charge in [0, 0.05) is 12.6 Å². The first-order valence-corrected chi connectivity index (χ1v) is 7.36. The van der Waals surface area contributed by atoms with Crippen LogP contribution in [0.3, 0.4) is 0 Å². The Labute approximate surface area is 139 Å². The van der Waals surface area contributed by atoms with Crippen LogP contribution in [0.4, 0.5) is 5.69 Å². The molecule has 1 aromatic heterocycles. The van der Waals surface area contributed by atoms with Gasteiger partial charge in [-0.3, -0.25) is 14.9 Å². The van der Waals surface area contributed by atoms with Crippen LogP contribution in [0, 0.1) is 10.1 Å². The number of nitrogens with one attached hydrogen (secondary N) is 1. The van der Waals surface area contributed by atoms with Crippen LogP contribution in [0.15, 0.2) is 42.6 Å². The number of nitrogens with zero attached hydrogens (tertiary/aromatic N) is 2. The molecule has 0 atom stereocenters. The summed E-state index contributed by atoms with van der Waals surface area (Å²) in [6.07, 6.45) is 4.81. The first-order chi connectivity index (χ1) is 11.6. The molecule has 1 N–H and O–H groups in total. The predicted molar refractivity (Wildman–Crippen MR) is 90.4 cm³/mol. The van der Waals surface area contributed by atoms with Crippen molar-refractivity contribution in [2.24, 2.45) is 0 Å². The number of benzene rings is 1. The number of carbonyl (C=O) groups excluding carboxylic acids is 1. The normalized spacial score (nSPS) is 10.5. The molecule has 0 radical (unpaired) electrons. The van der Waals surface area contributed by atoms with Gasteiger partial charge in [0.05, 0.1) is 10.6 Å². The third-order valence-electron chi connectivity index (χ3n) is 3.05. The fourth-order valence-corrected chi connectivity index (χ4v) is 1.86. The number of hydrogen-bond acceptors (Lipinski definition) is 5. The van der Waals surface area contributed by atoms with Crippen LogP contribution in [-0.4, -0.2) is 29.0 Å². The number of ether oxygens (including phenoxy) is 1. The zero-order valence-electron chi connectivity index (χ0n) is 13.1. The number of carbonyl (C=O) groups is 1. The van der Waals surface area contributed by atoms with Gasteiger partial charge in [-0.2, -0.15) is 0 Å². The second-order valence-electron chi connectivity index (χ2n) is 4.84. The van der Waals surface area contributed by atoms with Crippen molar-refractivity contribution in [3.63, 3.8) is 0 Å². The van der Waals surface area contributed by atoms with E-state index in [4.69, 9.17) is 4.74 Å². The standard InChI is InChI=1S/C17H17N3O4/c1-2-18-17(21)12-24-16-9-4-13(5-10-16)3-6-14-7-8-15(11-19-14)20(22)23/h3-11H,2,12H2,1H3,(H,18,21). The molecule has 1 aromatic carbocycles. The lowest BCUT2D eigenvalue weighted by Crippen LogP contribution is -2.28. The van der Waals surface area contributed by atoms with E-state index in [1.54, 1.807) is 24.3 Å². The van der Waals surface area contributed by atoms with Gasteiger partial charge in [-0.15, -0.1) is 0 Å². The Balaban J connectivity index is 1.93. The zero-order chi connectivity index (χ0) is 17.4. The molecule has 7 nitrogen and oxygen atoms in total. The summed E-state index contributed by atoms with van der Waals surface area (Å²) in [6.45, 7) is 2.40. The van der Waals surface area contributed by atoms with Gasteiger partial charge in [0.1, 0.15) is 11.9 Å². The second kappa shape index (κ2) is 8.42. The van der Waals surface area contributed by atoms with E-state index in [2.05, 4.69) is 10.3 Å². The molecule has 2 rings (SSSR count). The molecule has 124 valence electrons. The summed E-state index contributed by atoms with van der Waals surface area (Å²) in [7, 11) is 0. The highest BCUT2D eigenvalue weighted by atomic mass is 16.6. The Morgan fingerprint density at radius 3 is 2.58 bits per heavy atom. The number of likely N-dealkylation sites (N-methyl/N-ethyl adjacent to an activating group) is 1. The second-order valence-corrected chi connectivity index (χ2v) is 4.84. The van der Waals surface area contributed by atoms with Gasteiger partial charge in [0.2, 0.25) is 0 Å². The average molecular weight is 327 g/mol. The summed E-state index contributed by atoms with van der Waals surface area (Å²) in [5, 5.41) is 13.2. The number of pyridine rings is 1. The summed E-state index contributed by atoms with van der Waals surface area (Å²) in [6, 6.07) is 10.2. The van der Waals surface area contributed by atoms with E-state index in [1.165, 1.54) is 12.3 Å². The van der Waals surface area contributed by atoms with E-state index >= 15 is 0 Å². The third-order valence-corrected chi connectivity index (χ3v) is 3.05. The molecule has 24 heavy (non-hydrogen) atoms. The molecule has 0 spiro atoms. The maximum absolute atomic E-state index is 11.3. The van der Waals surface area contributed by atoms with Crippen LogP contribution < -0.4 is 10.1 Å². The van der Waals surface area contributed by atoms with Crippen LogP contribution in [-0.2, 0) is 4.79 Å². The fraction of sp³-hybridized carbons (Fsp3) is 0.176. The lowest BCUT2D eigenvalue weighted by Gasteiger charge is -2.06. The summed E-state index contributed by atoms with van der Waals surface area (Å²) >= 11 is 0. The first-order valence-electron chi connectivity index (χ1n) is 7.36. The molecule has 0 aliphatic heterocycles. The van der Waals surface area contributed by atoms with Crippen LogP contribution in [0.2, 0.25) is 0 Å². The van der Waals surface area contributed by atoms with Crippen molar-refractivity contribution < 1.29 is 14.5 Å². The van der Waals surface area contributed by atoms with Crippen molar-refractivity contribution in [1.29, 1.82) is 0 Å². The Kier molecular flexibility index (Phi) is 6.01. The van der Waals surface area contributed by atoms with Crippen molar-refractivity contribution in [1.82, 2.24) is 10.3 Å². The van der Waals surface area contributed by atoms with Crippen LogP contribution in [0.25, 0.3) is 12.2 Å². The Morgan fingerprint density at radius 2 is 2.00 bits per heavy atom. The van der Waals surface area contributed by atoms with Crippen molar-refractivity contribution in [2.45, 2.75) is 6.92 Å². The van der Waals surface area contributed by atoms with E-state index in [-0.39, 0.29) is 18.2 Å². The molecule has 0 saturated carbocycles. The highest BCUT2D eigenvalue weighted by molar-refractivity contribution is 5.77. The maximum Gasteiger partial charge on any atom is 0.287 e. The fourth-order valence-electron chi connectivity index (χ4n) is 1.86. The molecule has 1 amide bonds.